The Bertz CT molecular complexity index is 312. The standard InChI is InChI=1S/C9H12NO2S/c1-6-7(13-5-10-6)8(11)12-9(2,3)4/h1-4H3. The van der Waals surface area contributed by atoms with Gasteiger partial charge >= 0.3 is 5.97 Å². The van der Waals surface area contributed by atoms with E-state index in [1.807, 2.05) is 20.8 Å². The molecule has 0 unspecified atom stereocenters. The smallest absolute Gasteiger partial charge is 0.350 e. The van der Waals surface area contributed by atoms with Crippen LogP contribution < -0.4 is 0 Å². The molecule has 4 heteroatoms. The highest BCUT2D eigenvalue weighted by atomic mass is 32.1. The van der Waals surface area contributed by atoms with Crippen LogP contribution in [0.3, 0.4) is 0 Å². The van der Waals surface area contributed by atoms with Gasteiger partial charge < -0.3 is 4.74 Å². The fraction of sp³-hybridized carbons (Fsp3) is 0.556. The average molecular weight is 198 g/mol. The van der Waals surface area contributed by atoms with E-state index in [0.717, 1.165) is 0 Å². The molecule has 0 aliphatic heterocycles. The lowest BCUT2D eigenvalue weighted by atomic mass is 10.2. The van der Waals surface area contributed by atoms with E-state index in [1.54, 1.807) is 6.92 Å². The molecule has 13 heavy (non-hydrogen) atoms. The van der Waals surface area contributed by atoms with Gasteiger partial charge in [0.2, 0.25) is 0 Å². The Morgan fingerprint density at radius 1 is 1.54 bits per heavy atom. The van der Waals surface area contributed by atoms with Crippen LogP contribution in [0.5, 0.6) is 0 Å². The summed E-state index contributed by atoms with van der Waals surface area (Å²) in [6, 6.07) is 0. The highest BCUT2D eigenvalue weighted by Gasteiger charge is 2.20. The third-order valence-electron chi connectivity index (χ3n) is 1.27. The van der Waals surface area contributed by atoms with Crippen LogP contribution in [0.1, 0.15) is 36.1 Å². The molecule has 0 aliphatic rings. The van der Waals surface area contributed by atoms with Gasteiger partial charge in [-0.1, -0.05) is 0 Å². The number of thiazole rings is 1. The van der Waals surface area contributed by atoms with Crippen LogP contribution in [-0.4, -0.2) is 16.6 Å². The molecule has 1 radical (unpaired) electrons. The van der Waals surface area contributed by atoms with E-state index in [4.69, 9.17) is 4.74 Å². The highest BCUT2D eigenvalue weighted by molar-refractivity contribution is 7.11. The van der Waals surface area contributed by atoms with E-state index in [2.05, 4.69) is 10.5 Å². The number of ether oxygens (including phenoxy) is 1. The monoisotopic (exact) mass is 198 g/mol. The largest absolute Gasteiger partial charge is 0.456 e. The van der Waals surface area contributed by atoms with Gasteiger partial charge in [0.05, 0.1) is 5.69 Å². The van der Waals surface area contributed by atoms with Crippen molar-refractivity contribution >= 4 is 17.3 Å². The predicted octanol–water partition coefficient (Wildman–Crippen LogP) is 2.21. The van der Waals surface area contributed by atoms with Crippen molar-refractivity contribution in [2.45, 2.75) is 33.3 Å². The quantitative estimate of drug-likeness (QED) is 0.649. The van der Waals surface area contributed by atoms with Crippen molar-refractivity contribution in [1.82, 2.24) is 4.98 Å². The van der Waals surface area contributed by atoms with E-state index < -0.39 is 5.60 Å². The third kappa shape index (κ3) is 2.81. The number of esters is 1. The summed E-state index contributed by atoms with van der Waals surface area (Å²) in [5.41, 5.74) is 2.88. The molecule has 1 rings (SSSR count). The van der Waals surface area contributed by atoms with Crippen molar-refractivity contribution < 1.29 is 9.53 Å². The molecule has 0 atom stereocenters. The van der Waals surface area contributed by atoms with Gasteiger partial charge in [0.25, 0.3) is 0 Å². The summed E-state index contributed by atoms with van der Waals surface area (Å²) in [6.07, 6.45) is 0. The summed E-state index contributed by atoms with van der Waals surface area (Å²) in [7, 11) is 0. The predicted molar refractivity (Wildman–Crippen MR) is 50.9 cm³/mol. The van der Waals surface area contributed by atoms with E-state index >= 15 is 0 Å². The van der Waals surface area contributed by atoms with Gasteiger partial charge in [-0.2, -0.15) is 0 Å². The minimum absolute atomic E-state index is 0.316. The molecule has 3 nitrogen and oxygen atoms in total. The Balaban J connectivity index is 2.76. The molecule has 1 aromatic heterocycles. The lowest BCUT2D eigenvalue weighted by molar-refractivity contribution is 0.00742. The van der Waals surface area contributed by atoms with Crippen LogP contribution >= 0.6 is 11.3 Å². The number of aromatic nitrogens is 1. The number of nitrogens with zero attached hydrogens (tertiary/aromatic N) is 1. The van der Waals surface area contributed by atoms with Gasteiger partial charge in [0, 0.05) is 0 Å². The Hall–Kier alpha value is -0.900. The van der Waals surface area contributed by atoms with Crippen molar-refractivity contribution in [3.05, 3.63) is 16.1 Å². The first kappa shape index (κ1) is 10.2. The molecule has 1 aromatic rings. The zero-order chi connectivity index (χ0) is 10.1. The van der Waals surface area contributed by atoms with Crippen molar-refractivity contribution in [2.75, 3.05) is 0 Å². The first-order valence-corrected chi connectivity index (χ1v) is 4.78. The molecule has 0 spiro atoms. The maximum atomic E-state index is 11.5. The molecule has 71 valence electrons. The van der Waals surface area contributed by atoms with E-state index in [0.29, 0.717) is 10.6 Å². The number of hydrogen-bond acceptors (Lipinski definition) is 4. The highest BCUT2D eigenvalue weighted by Crippen LogP contribution is 2.17. The van der Waals surface area contributed by atoms with Gasteiger partial charge in [0.1, 0.15) is 10.5 Å². The van der Waals surface area contributed by atoms with Crippen LogP contribution in [-0.2, 0) is 4.74 Å². The van der Waals surface area contributed by atoms with Crippen LogP contribution in [0, 0.1) is 12.4 Å². The molecule has 0 amide bonds. The lowest BCUT2D eigenvalue weighted by Crippen LogP contribution is -2.23. The van der Waals surface area contributed by atoms with Gasteiger partial charge in [-0.05, 0) is 27.7 Å². The topological polar surface area (TPSA) is 39.2 Å². The van der Waals surface area contributed by atoms with Crippen molar-refractivity contribution in [3.8, 4) is 0 Å². The first-order chi connectivity index (χ1) is 5.90. The van der Waals surface area contributed by atoms with Gasteiger partial charge in [-0.25, -0.2) is 9.78 Å². The fourth-order valence-corrected chi connectivity index (χ4v) is 1.37. The summed E-state index contributed by atoms with van der Waals surface area (Å²) in [4.78, 5) is 15.9. The molecule has 0 aliphatic carbocycles. The fourth-order valence-electron chi connectivity index (χ4n) is 0.775. The molecule has 0 saturated heterocycles. The number of rotatable bonds is 1. The zero-order valence-corrected chi connectivity index (χ0v) is 8.99. The summed E-state index contributed by atoms with van der Waals surface area (Å²) < 4.78 is 5.17. The molecule has 0 saturated carbocycles. The number of aryl methyl sites for hydroxylation is 1. The zero-order valence-electron chi connectivity index (χ0n) is 8.17. The second kappa shape index (κ2) is 3.46. The minimum atomic E-state index is -0.451. The summed E-state index contributed by atoms with van der Waals surface area (Å²) in [5, 5.41) is 0. The minimum Gasteiger partial charge on any atom is -0.456 e. The van der Waals surface area contributed by atoms with E-state index in [9.17, 15) is 4.79 Å². The van der Waals surface area contributed by atoms with E-state index in [1.165, 1.54) is 11.3 Å². The molecular formula is C9H12NO2S. The molecular weight excluding hydrogens is 186 g/mol. The molecule has 0 fully saturated rings. The van der Waals surface area contributed by atoms with Crippen molar-refractivity contribution in [2.24, 2.45) is 0 Å². The lowest BCUT2D eigenvalue weighted by Gasteiger charge is -2.18. The normalized spacial score (nSPS) is 11.4. The summed E-state index contributed by atoms with van der Waals surface area (Å²) in [5.74, 6) is -0.316. The van der Waals surface area contributed by atoms with Gasteiger partial charge in [-0.15, -0.1) is 11.3 Å². The van der Waals surface area contributed by atoms with Crippen molar-refractivity contribution in [1.29, 1.82) is 0 Å². The van der Waals surface area contributed by atoms with Crippen molar-refractivity contribution in [3.63, 3.8) is 0 Å². The Morgan fingerprint density at radius 3 is 2.54 bits per heavy atom. The summed E-state index contributed by atoms with van der Waals surface area (Å²) in [6.45, 7) is 7.28. The van der Waals surface area contributed by atoms with Gasteiger partial charge in [0.15, 0.2) is 5.51 Å². The third-order valence-corrected chi connectivity index (χ3v) is 2.12. The molecule has 0 N–H and O–H groups in total. The maximum absolute atomic E-state index is 11.5. The Labute approximate surface area is 81.8 Å². The van der Waals surface area contributed by atoms with Crippen LogP contribution in [0.4, 0.5) is 0 Å². The van der Waals surface area contributed by atoms with Crippen LogP contribution in [0.25, 0.3) is 0 Å². The number of carbonyl (C=O) groups is 1. The average Bonchev–Trinajstić information content (AvgIpc) is 2.30. The second-order valence-corrected chi connectivity index (χ2v) is 4.52. The Morgan fingerprint density at radius 2 is 2.15 bits per heavy atom. The van der Waals surface area contributed by atoms with Crippen LogP contribution in [0.2, 0.25) is 0 Å². The summed E-state index contributed by atoms with van der Waals surface area (Å²) >= 11 is 1.19. The molecule has 0 bridgehead atoms. The number of hydrogen-bond donors (Lipinski definition) is 0. The van der Waals surface area contributed by atoms with Crippen LogP contribution in [0.15, 0.2) is 0 Å². The number of carbonyl (C=O) groups excluding carboxylic acids is 1. The molecule has 0 aromatic carbocycles. The first-order valence-electron chi connectivity index (χ1n) is 3.97. The SMILES string of the molecule is Cc1n[c]sc1C(=O)OC(C)(C)C. The van der Waals surface area contributed by atoms with E-state index in [-0.39, 0.29) is 5.97 Å². The molecule has 1 heterocycles. The maximum Gasteiger partial charge on any atom is 0.350 e. The second-order valence-electron chi connectivity index (χ2n) is 3.72. The Kier molecular flexibility index (Phi) is 2.71. The van der Waals surface area contributed by atoms with Gasteiger partial charge in [-0.3, -0.25) is 0 Å².